The second kappa shape index (κ2) is 9.56. The van der Waals surface area contributed by atoms with Crippen molar-refractivity contribution in [1.29, 1.82) is 0 Å². The lowest BCUT2D eigenvalue weighted by Gasteiger charge is -2.36. The maximum absolute atomic E-state index is 13.5. The monoisotopic (exact) mass is 416 g/mol. The molecular formula is C26H25FN2O2. The number of hydrogen-bond donors (Lipinski definition) is 1. The molecule has 31 heavy (non-hydrogen) atoms. The van der Waals surface area contributed by atoms with E-state index in [0.717, 1.165) is 30.4 Å². The highest BCUT2D eigenvalue weighted by atomic mass is 19.1. The zero-order chi connectivity index (χ0) is 21.6. The summed E-state index contributed by atoms with van der Waals surface area (Å²) in [6.45, 7) is 1.04. The van der Waals surface area contributed by atoms with Gasteiger partial charge in [0.2, 0.25) is 0 Å². The summed E-state index contributed by atoms with van der Waals surface area (Å²) in [5, 5.41) is 2.92. The Morgan fingerprint density at radius 1 is 0.903 bits per heavy atom. The second-order valence-electron chi connectivity index (χ2n) is 7.78. The lowest BCUT2D eigenvalue weighted by Crippen LogP contribution is -2.49. The van der Waals surface area contributed by atoms with E-state index < -0.39 is 0 Å². The van der Waals surface area contributed by atoms with Crippen LogP contribution < -0.4 is 5.32 Å². The first-order chi connectivity index (χ1) is 15.1. The van der Waals surface area contributed by atoms with Crippen molar-refractivity contribution >= 4 is 11.8 Å². The van der Waals surface area contributed by atoms with Crippen molar-refractivity contribution in [2.75, 3.05) is 13.1 Å². The fourth-order valence-corrected chi connectivity index (χ4v) is 4.09. The van der Waals surface area contributed by atoms with Crippen molar-refractivity contribution in [2.45, 2.75) is 25.3 Å². The Bertz CT molecular complexity index is 1050. The minimum Gasteiger partial charge on any atom is -0.350 e. The summed E-state index contributed by atoms with van der Waals surface area (Å²) < 4.78 is 13.1. The van der Waals surface area contributed by atoms with Crippen LogP contribution in [-0.2, 0) is 0 Å². The lowest BCUT2D eigenvalue weighted by molar-refractivity contribution is 0.0603. The summed E-state index contributed by atoms with van der Waals surface area (Å²) >= 11 is 0. The fourth-order valence-electron chi connectivity index (χ4n) is 4.09. The number of rotatable bonds is 5. The van der Waals surface area contributed by atoms with E-state index in [2.05, 4.69) is 5.32 Å². The third-order valence-electron chi connectivity index (χ3n) is 5.73. The molecule has 3 aromatic rings. The summed E-state index contributed by atoms with van der Waals surface area (Å²) in [5.41, 5.74) is 2.99. The van der Waals surface area contributed by atoms with Gasteiger partial charge in [-0.3, -0.25) is 9.59 Å². The van der Waals surface area contributed by atoms with Crippen LogP contribution in [0.25, 0.3) is 11.1 Å². The average Bonchev–Trinajstić information content (AvgIpc) is 2.83. The van der Waals surface area contributed by atoms with Crippen LogP contribution >= 0.6 is 0 Å². The van der Waals surface area contributed by atoms with E-state index in [-0.39, 0.29) is 23.7 Å². The summed E-state index contributed by atoms with van der Waals surface area (Å²) in [6.07, 6.45) is 2.80. The molecule has 2 amide bonds. The van der Waals surface area contributed by atoms with E-state index in [4.69, 9.17) is 0 Å². The first kappa shape index (κ1) is 20.8. The van der Waals surface area contributed by atoms with Crippen molar-refractivity contribution in [2.24, 2.45) is 0 Å². The highest BCUT2D eigenvalue weighted by Gasteiger charge is 2.29. The van der Waals surface area contributed by atoms with Crippen LogP contribution in [0.1, 0.15) is 40.0 Å². The van der Waals surface area contributed by atoms with Crippen LogP contribution in [0.3, 0.4) is 0 Å². The maximum Gasteiger partial charge on any atom is 0.254 e. The Labute approximate surface area is 181 Å². The Morgan fingerprint density at radius 2 is 1.61 bits per heavy atom. The molecule has 1 N–H and O–H groups in total. The van der Waals surface area contributed by atoms with Gasteiger partial charge in [-0.25, -0.2) is 4.39 Å². The molecule has 0 bridgehead atoms. The largest absolute Gasteiger partial charge is 0.350 e. The van der Waals surface area contributed by atoms with Gasteiger partial charge in [-0.15, -0.1) is 0 Å². The fraction of sp³-hybridized carbons (Fsp3) is 0.231. The smallest absolute Gasteiger partial charge is 0.254 e. The predicted molar refractivity (Wildman–Crippen MR) is 119 cm³/mol. The molecule has 5 heteroatoms. The van der Waals surface area contributed by atoms with Gasteiger partial charge in [-0.2, -0.15) is 0 Å². The average molecular weight is 416 g/mol. The van der Waals surface area contributed by atoms with Gasteiger partial charge in [0.25, 0.3) is 11.8 Å². The number of benzene rings is 3. The van der Waals surface area contributed by atoms with Gasteiger partial charge < -0.3 is 10.2 Å². The molecule has 4 rings (SSSR count). The third kappa shape index (κ3) is 4.82. The van der Waals surface area contributed by atoms with Crippen molar-refractivity contribution in [1.82, 2.24) is 10.2 Å². The van der Waals surface area contributed by atoms with E-state index in [1.165, 1.54) is 24.3 Å². The topological polar surface area (TPSA) is 49.4 Å². The maximum atomic E-state index is 13.5. The summed E-state index contributed by atoms with van der Waals surface area (Å²) in [5.74, 6) is -0.652. The molecule has 0 aliphatic carbocycles. The van der Waals surface area contributed by atoms with Gasteiger partial charge in [0.1, 0.15) is 5.82 Å². The van der Waals surface area contributed by atoms with Crippen molar-refractivity contribution in [3.8, 4) is 11.1 Å². The Kier molecular flexibility index (Phi) is 6.41. The van der Waals surface area contributed by atoms with Crippen LogP contribution in [0.15, 0.2) is 78.9 Å². The molecule has 0 radical (unpaired) electrons. The highest BCUT2D eigenvalue weighted by Crippen LogP contribution is 2.27. The minimum absolute atomic E-state index is 0.0137. The van der Waals surface area contributed by atoms with Gasteiger partial charge >= 0.3 is 0 Å². The van der Waals surface area contributed by atoms with Crippen LogP contribution in [0.5, 0.6) is 0 Å². The van der Waals surface area contributed by atoms with Crippen LogP contribution in [-0.4, -0.2) is 35.8 Å². The molecule has 1 aliphatic heterocycles. The number of hydrogen-bond acceptors (Lipinski definition) is 2. The highest BCUT2D eigenvalue weighted by molar-refractivity contribution is 6.01. The molecular weight excluding hydrogens is 391 g/mol. The molecule has 0 spiro atoms. The molecule has 4 nitrogen and oxygen atoms in total. The molecule has 1 unspecified atom stereocenters. The third-order valence-corrected chi connectivity index (χ3v) is 5.73. The Morgan fingerprint density at radius 3 is 2.39 bits per heavy atom. The van der Waals surface area contributed by atoms with Gasteiger partial charge in [0.05, 0.1) is 0 Å². The van der Waals surface area contributed by atoms with Gasteiger partial charge in [0.15, 0.2) is 0 Å². The van der Waals surface area contributed by atoms with Crippen molar-refractivity contribution < 1.29 is 14.0 Å². The first-order valence-electron chi connectivity index (χ1n) is 10.6. The molecule has 1 atom stereocenters. The number of amides is 2. The summed E-state index contributed by atoms with van der Waals surface area (Å²) in [6, 6.07) is 22.9. The standard InChI is InChI=1S/C26H25FN2O2/c27-21-15-13-20(14-16-21)25(30)28-18-22-10-6-7-17-29(22)26(31)24-12-5-4-11-23(24)19-8-2-1-3-9-19/h1-5,8-9,11-16,22H,6-7,10,17-18H2,(H,28,30). The van der Waals surface area contributed by atoms with Crippen LogP contribution in [0, 0.1) is 5.82 Å². The van der Waals surface area contributed by atoms with E-state index in [1.807, 2.05) is 59.5 Å². The quantitative estimate of drug-likeness (QED) is 0.642. The Hall–Kier alpha value is -3.47. The minimum atomic E-state index is -0.377. The van der Waals surface area contributed by atoms with Crippen molar-refractivity contribution in [3.63, 3.8) is 0 Å². The van der Waals surface area contributed by atoms with Gasteiger partial charge in [0, 0.05) is 30.3 Å². The molecule has 1 saturated heterocycles. The molecule has 0 saturated carbocycles. The first-order valence-corrected chi connectivity index (χ1v) is 10.6. The van der Waals surface area contributed by atoms with Crippen molar-refractivity contribution in [3.05, 3.63) is 95.8 Å². The summed E-state index contributed by atoms with van der Waals surface area (Å²) in [7, 11) is 0. The number of piperidine rings is 1. The molecule has 1 aliphatic rings. The number of nitrogens with one attached hydrogen (secondary N) is 1. The normalized spacial score (nSPS) is 16.0. The summed E-state index contributed by atoms with van der Waals surface area (Å²) in [4.78, 5) is 27.9. The van der Waals surface area contributed by atoms with E-state index >= 15 is 0 Å². The molecule has 1 fully saturated rings. The number of carbonyl (C=O) groups excluding carboxylic acids is 2. The number of likely N-dealkylation sites (tertiary alicyclic amines) is 1. The number of carbonyl (C=O) groups is 2. The van der Waals surface area contributed by atoms with Gasteiger partial charge in [-0.1, -0.05) is 48.5 Å². The number of nitrogens with zero attached hydrogens (tertiary/aromatic N) is 1. The van der Waals surface area contributed by atoms with E-state index in [1.54, 1.807) is 0 Å². The molecule has 158 valence electrons. The SMILES string of the molecule is O=C(NCC1CCCCN1C(=O)c1ccccc1-c1ccccc1)c1ccc(F)cc1. The zero-order valence-corrected chi connectivity index (χ0v) is 17.3. The molecule has 1 heterocycles. The lowest BCUT2D eigenvalue weighted by atomic mass is 9.96. The van der Waals surface area contributed by atoms with Crippen LogP contribution in [0.2, 0.25) is 0 Å². The Balaban J connectivity index is 1.51. The predicted octanol–water partition coefficient (Wildman–Crippen LogP) is 4.92. The number of halogens is 1. The van der Waals surface area contributed by atoms with Gasteiger partial charge in [-0.05, 0) is 60.7 Å². The molecule has 0 aromatic heterocycles. The van der Waals surface area contributed by atoms with E-state index in [0.29, 0.717) is 24.2 Å². The zero-order valence-electron chi connectivity index (χ0n) is 17.3. The molecule has 3 aromatic carbocycles. The second-order valence-corrected chi connectivity index (χ2v) is 7.78. The van der Waals surface area contributed by atoms with Crippen LogP contribution in [0.4, 0.5) is 4.39 Å². The van der Waals surface area contributed by atoms with E-state index in [9.17, 15) is 14.0 Å².